The van der Waals surface area contributed by atoms with Crippen molar-refractivity contribution in [3.63, 3.8) is 0 Å². The van der Waals surface area contributed by atoms with Gasteiger partial charge in [0.15, 0.2) is 0 Å². The second kappa shape index (κ2) is 5.70. The molecule has 1 aromatic rings. The molecule has 1 amide bonds. The van der Waals surface area contributed by atoms with E-state index >= 15 is 0 Å². The van der Waals surface area contributed by atoms with E-state index in [2.05, 4.69) is 4.98 Å². The summed E-state index contributed by atoms with van der Waals surface area (Å²) < 4.78 is 5.56. The van der Waals surface area contributed by atoms with Crippen molar-refractivity contribution in [2.45, 2.75) is 50.8 Å². The molecule has 19 heavy (non-hydrogen) atoms. The van der Waals surface area contributed by atoms with Crippen molar-refractivity contribution in [3.8, 4) is 0 Å². The number of amides is 1. The lowest BCUT2D eigenvalue weighted by molar-refractivity contribution is -0.134. The minimum atomic E-state index is 0.137. The van der Waals surface area contributed by atoms with E-state index in [0.717, 1.165) is 38.0 Å². The van der Waals surface area contributed by atoms with Gasteiger partial charge >= 0.3 is 0 Å². The van der Waals surface area contributed by atoms with Crippen LogP contribution in [0.4, 0.5) is 0 Å². The fourth-order valence-corrected chi connectivity index (χ4v) is 2.59. The molecule has 2 aliphatic rings. The predicted molar refractivity (Wildman–Crippen MR) is 71.4 cm³/mol. The van der Waals surface area contributed by atoms with Gasteiger partial charge in [0.2, 0.25) is 5.91 Å². The summed E-state index contributed by atoms with van der Waals surface area (Å²) in [5, 5.41) is 0. The van der Waals surface area contributed by atoms with E-state index in [0.29, 0.717) is 19.0 Å². The van der Waals surface area contributed by atoms with E-state index in [1.54, 1.807) is 6.20 Å². The number of aromatic nitrogens is 1. The van der Waals surface area contributed by atoms with Gasteiger partial charge in [0.05, 0.1) is 24.8 Å². The Balaban J connectivity index is 1.61. The van der Waals surface area contributed by atoms with E-state index in [9.17, 15) is 4.79 Å². The number of hydrogen-bond donors (Lipinski definition) is 0. The van der Waals surface area contributed by atoms with Crippen LogP contribution in [0, 0.1) is 0 Å². The maximum atomic E-state index is 12.4. The molecule has 2 fully saturated rings. The minimum Gasteiger partial charge on any atom is -0.378 e. The average Bonchev–Trinajstić information content (AvgIpc) is 3.15. The Morgan fingerprint density at radius 2 is 2.26 bits per heavy atom. The van der Waals surface area contributed by atoms with Gasteiger partial charge in [-0.3, -0.25) is 9.78 Å². The van der Waals surface area contributed by atoms with E-state index in [-0.39, 0.29) is 12.0 Å². The lowest BCUT2D eigenvalue weighted by Gasteiger charge is -2.23. The third-order valence-electron chi connectivity index (χ3n) is 3.79. The van der Waals surface area contributed by atoms with Gasteiger partial charge < -0.3 is 9.64 Å². The van der Waals surface area contributed by atoms with Crippen LogP contribution in [-0.4, -0.2) is 34.5 Å². The number of pyridine rings is 1. The number of rotatable bonds is 5. The number of carbonyl (C=O) groups is 1. The van der Waals surface area contributed by atoms with Crippen LogP contribution in [-0.2, 0) is 16.1 Å². The zero-order valence-electron chi connectivity index (χ0n) is 11.1. The highest BCUT2D eigenvalue weighted by atomic mass is 16.5. The number of nitrogens with zero attached hydrogens (tertiary/aromatic N) is 2. The van der Waals surface area contributed by atoms with Gasteiger partial charge in [0, 0.05) is 18.8 Å². The van der Waals surface area contributed by atoms with Gasteiger partial charge in [-0.05, 0) is 37.8 Å². The monoisotopic (exact) mass is 260 g/mol. The van der Waals surface area contributed by atoms with Gasteiger partial charge in [0.25, 0.3) is 0 Å². The molecule has 1 aliphatic heterocycles. The molecule has 1 saturated carbocycles. The molecule has 1 saturated heterocycles. The van der Waals surface area contributed by atoms with Crippen molar-refractivity contribution < 1.29 is 9.53 Å². The van der Waals surface area contributed by atoms with E-state index in [1.807, 2.05) is 23.1 Å². The summed E-state index contributed by atoms with van der Waals surface area (Å²) in [6.45, 7) is 1.44. The molecular formula is C15H20N2O2. The van der Waals surface area contributed by atoms with Crippen molar-refractivity contribution in [1.82, 2.24) is 9.88 Å². The van der Waals surface area contributed by atoms with Gasteiger partial charge in [-0.15, -0.1) is 0 Å². The first-order valence-corrected chi connectivity index (χ1v) is 7.14. The molecule has 4 nitrogen and oxygen atoms in total. The molecule has 1 aliphatic carbocycles. The van der Waals surface area contributed by atoms with Crippen LogP contribution in [0.1, 0.15) is 37.8 Å². The van der Waals surface area contributed by atoms with Crippen molar-refractivity contribution in [1.29, 1.82) is 0 Å². The molecule has 0 spiro atoms. The lowest BCUT2D eigenvalue weighted by Crippen LogP contribution is -2.35. The largest absolute Gasteiger partial charge is 0.378 e. The Kier molecular flexibility index (Phi) is 3.78. The summed E-state index contributed by atoms with van der Waals surface area (Å²) >= 11 is 0. The predicted octanol–water partition coefficient (Wildman–Crippen LogP) is 2.14. The number of ether oxygens (including phenoxy) is 1. The second-order valence-electron chi connectivity index (χ2n) is 5.41. The first-order chi connectivity index (χ1) is 9.33. The SMILES string of the molecule is O=C(C[C@@H]1CCCO1)N(Cc1ccccn1)C1CC1. The van der Waals surface area contributed by atoms with Crippen LogP contribution in [0.15, 0.2) is 24.4 Å². The Morgan fingerprint density at radius 3 is 2.89 bits per heavy atom. The minimum absolute atomic E-state index is 0.137. The third-order valence-corrected chi connectivity index (χ3v) is 3.79. The summed E-state index contributed by atoms with van der Waals surface area (Å²) in [6, 6.07) is 6.28. The molecular weight excluding hydrogens is 240 g/mol. The highest BCUT2D eigenvalue weighted by Gasteiger charge is 2.34. The molecule has 0 bridgehead atoms. The zero-order chi connectivity index (χ0) is 13.1. The normalized spacial score (nSPS) is 22.4. The van der Waals surface area contributed by atoms with E-state index < -0.39 is 0 Å². The number of hydrogen-bond acceptors (Lipinski definition) is 3. The highest BCUT2D eigenvalue weighted by Crippen LogP contribution is 2.29. The summed E-state index contributed by atoms with van der Waals surface area (Å²) in [5.74, 6) is 0.222. The fourth-order valence-electron chi connectivity index (χ4n) is 2.59. The Hall–Kier alpha value is -1.42. The third kappa shape index (κ3) is 3.32. The van der Waals surface area contributed by atoms with Gasteiger partial charge in [-0.25, -0.2) is 0 Å². The molecule has 0 N–H and O–H groups in total. The van der Waals surface area contributed by atoms with Crippen molar-refractivity contribution in [3.05, 3.63) is 30.1 Å². The summed E-state index contributed by atoms with van der Waals surface area (Å²) in [4.78, 5) is 18.7. The fraction of sp³-hybridized carbons (Fsp3) is 0.600. The van der Waals surface area contributed by atoms with E-state index in [1.165, 1.54) is 0 Å². The summed E-state index contributed by atoms with van der Waals surface area (Å²) in [5.41, 5.74) is 0.968. The van der Waals surface area contributed by atoms with E-state index in [4.69, 9.17) is 4.74 Å². The lowest BCUT2D eigenvalue weighted by atomic mass is 10.1. The standard InChI is InChI=1S/C15H20N2O2/c18-15(10-14-5-3-9-19-14)17(13-6-7-13)11-12-4-1-2-8-16-12/h1-2,4,8,13-14H,3,5-7,9-11H2/t14-/m0/s1. The molecule has 1 atom stereocenters. The quantitative estimate of drug-likeness (QED) is 0.814. The van der Waals surface area contributed by atoms with Crippen LogP contribution in [0.3, 0.4) is 0 Å². The highest BCUT2D eigenvalue weighted by molar-refractivity contribution is 5.77. The van der Waals surface area contributed by atoms with Gasteiger partial charge in [0.1, 0.15) is 0 Å². The van der Waals surface area contributed by atoms with Crippen LogP contribution in [0.5, 0.6) is 0 Å². The van der Waals surface area contributed by atoms with Crippen LogP contribution in [0.25, 0.3) is 0 Å². The Morgan fingerprint density at radius 1 is 1.37 bits per heavy atom. The van der Waals surface area contributed by atoms with Crippen LogP contribution < -0.4 is 0 Å². The maximum absolute atomic E-state index is 12.4. The average molecular weight is 260 g/mol. The zero-order valence-corrected chi connectivity index (χ0v) is 11.1. The molecule has 0 aromatic carbocycles. The molecule has 4 heteroatoms. The number of carbonyl (C=O) groups excluding carboxylic acids is 1. The molecule has 2 heterocycles. The van der Waals surface area contributed by atoms with Gasteiger partial charge in [-0.1, -0.05) is 6.07 Å². The second-order valence-corrected chi connectivity index (χ2v) is 5.41. The smallest absolute Gasteiger partial charge is 0.225 e. The summed E-state index contributed by atoms with van der Waals surface area (Å²) in [6.07, 6.45) is 6.82. The molecule has 0 unspecified atom stereocenters. The van der Waals surface area contributed by atoms with Crippen LogP contribution >= 0.6 is 0 Å². The maximum Gasteiger partial charge on any atom is 0.225 e. The molecule has 0 radical (unpaired) electrons. The Bertz CT molecular complexity index is 425. The van der Waals surface area contributed by atoms with Crippen molar-refractivity contribution >= 4 is 5.91 Å². The molecule has 1 aromatic heterocycles. The topological polar surface area (TPSA) is 42.4 Å². The first-order valence-electron chi connectivity index (χ1n) is 7.14. The van der Waals surface area contributed by atoms with Gasteiger partial charge in [-0.2, -0.15) is 0 Å². The van der Waals surface area contributed by atoms with Crippen molar-refractivity contribution in [2.24, 2.45) is 0 Å². The first kappa shape index (κ1) is 12.6. The van der Waals surface area contributed by atoms with Crippen molar-refractivity contribution in [2.75, 3.05) is 6.61 Å². The van der Waals surface area contributed by atoms with Crippen LogP contribution in [0.2, 0.25) is 0 Å². The molecule has 3 rings (SSSR count). The Labute approximate surface area is 113 Å². The molecule has 102 valence electrons. The summed E-state index contributed by atoms with van der Waals surface area (Å²) in [7, 11) is 0.